The summed E-state index contributed by atoms with van der Waals surface area (Å²) in [4.78, 5) is 11.9. The van der Waals surface area contributed by atoms with Crippen molar-refractivity contribution in [3.05, 3.63) is 65.0 Å². The number of anilines is 1. The van der Waals surface area contributed by atoms with Gasteiger partial charge in [0, 0.05) is 17.8 Å². The van der Waals surface area contributed by atoms with Gasteiger partial charge in [-0.2, -0.15) is 0 Å². The van der Waals surface area contributed by atoms with Crippen LogP contribution in [0.3, 0.4) is 0 Å². The van der Waals surface area contributed by atoms with Gasteiger partial charge in [0.15, 0.2) is 0 Å². The summed E-state index contributed by atoms with van der Waals surface area (Å²) in [6.45, 7) is 2.59. The Bertz CT molecular complexity index is 652. The molecule has 0 saturated heterocycles. The Hall–Kier alpha value is -2.20. The molecule has 0 saturated carbocycles. The van der Waals surface area contributed by atoms with Gasteiger partial charge < -0.3 is 5.32 Å². The standard InChI is InChI=1S/C16H15FN2O/c1-10-2-4-11(5-3-10)9-18-15-13-8-12(17)6-7-14(13)19-16(15)20/h2-8,15,18H,9H2,1H3,(H,19,20). The first-order chi connectivity index (χ1) is 9.63. The largest absolute Gasteiger partial charge is 0.324 e. The molecule has 2 aromatic rings. The number of carbonyl (C=O) groups excluding carboxylic acids is 1. The average molecular weight is 270 g/mol. The zero-order valence-corrected chi connectivity index (χ0v) is 11.1. The van der Waals surface area contributed by atoms with Gasteiger partial charge in [-0.3, -0.25) is 10.1 Å². The maximum Gasteiger partial charge on any atom is 0.246 e. The second-order valence-electron chi connectivity index (χ2n) is 5.02. The zero-order valence-electron chi connectivity index (χ0n) is 11.1. The molecule has 0 aliphatic carbocycles. The van der Waals surface area contributed by atoms with Crippen molar-refractivity contribution in [1.82, 2.24) is 5.32 Å². The van der Waals surface area contributed by atoms with E-state index in [1.807, 2.05) is 31.2 Å². The highest BCUT2D eigenvalue weighted by Crippen LogP contribution is 2.31. The molecule has 1 aliphatic rings. The second-order valence-corrected chi connectivity index (χ2v) is 5.02. The van der Waals surface area contributed by atoms with Gasteiger partial charge in [-0.05, 0) is 30.7 Å². The molecule has 0 aromatic heterocycles. The number of hydrogen-bond acceptors (Lipinski definition) is 2. The lowest BCUT2D eigenvalue weighted by atomic mass is 10.1. The molecule has 0 spiro atoms. The highest BCUT2D eigenvalue weighted by atomic mass is 19.1. The van der Waals surface area contributed by atoms with Crippen molar-refractivity contribution in [2.24, 2.45) is 0 Å². The van der Waals surface area contributed by atoms with Crippen LogP contribution in [0.4, 0.5) is 10.1 Å². The predicted octanol–water partition coefficient (Wildman–Crippen LogP) is 2.92. The van der Waals surface area contributed by atoms with Crippen molar-refractivity contribution >= 4 is 11.6 Å². The van der Waals surface area contributed by atoms with Crippen molar-refractivity contribution in [2.45, 2.75) is 19.5 Å². The quantitative estimate of drug-likeness (QED) is 0.900. The molecule has 3 nitrogen and oxygen atoms in total. The van der Waals surface area contributed by atoms with Crippen LogP contribution in [0.25, 0.3) is 0 Å². The van der Waals surface area contributed by atoms with E-state index in [2.05, 4.69) is 10.6 Å². The van der Waals surface area contributed by atoms with E-state index in [-0.39, 0.29) is 11.7 Å². The normalized spacial score (nSPS) is 16.9. The first kappa shape index (κ1) is 12.8. The number of halogens is 1. The van der Waals surface area contributed by atoms with Gasteiger partial charge in [0.1, 0.15) is 11.9 Å². The smallest absolute Gasteiger partial charge is 0.246 e. The average Bonchev–Trinajstić information content (AvgIpc) is 2.73. The number of hydrogen-bond donors (Lipinski definition) is 2. The molecule has 0 fully saturated rings. The molecule has 3 rings (SSSR count). The Morgan fingerprint density at radius 1 is 1.20 bits per heavy atom. The lowest BCUT2D eigenvalue weighted by Gasteiger charge is -2.11. The third-order valence-electron chi connectivity index (χ3n) is 3.48. The molecule has 2 N–H and O–H groups in total. The molecule has 0 bridgehead atoms. The molecule has 20 heavy (non-hydrogen) atoms. The fraction of sp³-hybridized carbons (Fsp3) is 0.188. The topological polar surface area (TPSA) is 41.1 Å². The number of fused-ring (bicyclic) bond motifs is 1. The SMILES string of the molecule is Cc1ccc(CNC2C(=O)Nc3ccc(F)cc32)cc1. The monoisotopic (exact) mass is 270 g/mol. The van der Waals surface area contributed by atoms with E-state index < -0.39 is 6.04 Å². The van der Waals surface area contributed by atoms with Gasteiger partial charge in [0.25, 0.3) is 0 Å². The van der Waals surface area contributed by atoms with E-state index in [1.165, 1.54) is 17.7 Å². The number of rotatable bonds is 3. The fourth-order valence-electron chi connectivity index (χ4n) is 2.36. The van der Waals surface area contributed by atoms with Gasteiger partial charge in [-0.1, -0.05) is 29.8 Å². The maximum atomic E-state index is 13.3. The molecule has 1 aliphatic heterocycles. The molecule has 1 atom stereocenters. The van der Waals surface area contributed by atoms with Gasteiger partial charge in [-0.15, -0.1) is 0 Å². The van der Waals surface area contributed by atoms with Gasteiger partial charge >= 0.3 is 0 Å². The third kappa shape index (κ3) is 2.42. The second kappa shape index (κ2) is 5.06. The van der Waals surface area contributed by atoms with Crippen LogP contribution in [0.1, 0.15) is 22.7 Å². The Morgan fingerprint density at radius 2 is 1.95 bits per heavy atom. The van der Waals surface area contributed by atoms with Crippen LogP contribution >= 0.6 is 0 Å². The number of benzene rings is 2. The van der Waals surface area contributed by atoms with Crippen molar-refractivity contribution in [2.75, 3.05) is 5.32 Å². The summed E-state index contributed by atoms with van der Waals surface area (Å²) < 4.78 is 13.3. The van der Waals surface area contributed by atoms with Gasteiger partial charge in [-0.25, -0.2) is 4.39 Å². The molecule has 1 unspecified atom stereocenters. The first-order valence-corrected chi connectivity index (χ1v) is 6.53. The van der Waals surface area contributed by atoms with Crippen LogP contribution in [0.2, 0.25) is 0 Å². The first-order valence-electron chi connectivity index (χ1n) is 6.53. The minimum Gasteiger partial charge on any atom is -0.324 e. The number of aryl methyl sites for hydroxylation is 1. The number of amides is 1. The Balaban J connectivity index is 1.76. The zero-order chi connectivity index (χ0) is 14.1. The van der Waals surface area contributed by atoms with E-state index in [1.54, 1.807) is 6.07 Å². The van der Waals surface area contributed by atoms with Crippen molar-refractivity contribution < 1.29 is 9.18 Å². The molecule has 4 heteroatoms. The summed E-state index contributed by atoms with van der Waals surface area (Å²) >= 11 is 0. The fourth-order valence-corrected chi connectivity index (χ4v) is 2.36. The van der Waals surface area contributed by atoms with Crippen LogP contribution in [0.5, 0.6) is 0 Å². The number of nitrogens with one attached hydrogen (secondary N) is 2. The van der Waals surface area contributed by atoms with E-state index in [0.717, 1.165) is 5.56 Å². The lowest BCUT2D eigenvalue weighted by Crippen LogP contribution is -2.27. The van der Waals surface area contributed by atoms with Gasteiger partial charge in [0.05, 0.1) is 0 Å². The predicted molar refractivity (Wildman–Crippen MR) is 75.8 cm³/mol. The summed E-state index contributed by atoms with van der Waals surface area (Å²) in [5.74, 6) is -0.472. The van der Waals surface area contributed by atoms with Crippen molar-refractivity contribution in [3.63, 3.8) is 0 Å². The summed E-state index contributed by atoms with van der Waals surface area (Å²) in [5.41, 5.74) is 3.63. The minimum atomic E-state index is -0.498. The Morgan fingerprint density at radius 3 is 2.70 bits per heavy atom. The molecule has 1 heterocycles. The van der Waals surface area contributed by atoms with E-state index >= 15 is 0 Å². The molecular formula is C16H15FN2O. The summed E-state index contributed by atoms with van der Waals surface area (Å²) in [7, 11) is 0. The minimum absolute atomic E-state index is 0.141. The summed E-state index contributed by atoms with van der Waals surface area (Å²) in [5, 5.41) is 5.92. The molecular weight excluding hydrogens is 255 g/mol. The third-order valence-corrected chi connectivity index (χ3v) is 3.48. The van der Waals surface area contributed by atoms with Crippen LogP contribution in [-0.2, 0) is 11.3 Å². The molecule has 102 valence electrons. The summed E-state index contributed by atoms with van der Waals surface area (Å²) in [6, 6.07) is 11.9. The molecule has 2 aromatic carbocycles. The van der Waals surface area contributed by atoms with Crippen LogP contribution in [0.15, 0.2) is 42.5 Å². The van der Waals surface area contributed by atoms with E-state index in [4.69, 9.17) is 0 Å². The Kier molecular flexibility index (Phi) is 3.24. The van der Waals surface area contributed by atoms with E-state index in [9.17, 15) is 9.18 Å². The van der Waals surface area contributed by atoms with Crippen molar-refractivity contribution in [1.29, 1.82) is 0 Å². The Labute approximate surface area is 116 Å². The number of carbonyl (C=O) groups is 1. The van der Waals surface area contributed by atoms with Crippen LogP contribution < -0.4 is 10.6 Å². The molecule has 1 amide bonds. The van der Waals surface area contributed by atoms with E-state index in [0.29, 0.717) is 17.8 Å². The molecule has 0 radical (unpaired) electrons. The highest BCUT2D eigenvalue weighted by Gasteiger charge is 2.30. The summed E-state index contributed by atoms with van der Waals surface area (Å²) in [6.07, 6.45) is 0. The van der Waals surface area contributed by atoms with Gasteiger partial charge in [0.2, 0.25) is 5.91 Å². The van der Waals surface area contributed by atoms with Crippen molar-refractivity contribution in [3.8, 4) is 0 Å². The van der Waals surface area contributed by atoms with Crippen LogP contribution in [-0.4, -0.2) is 5.91 Å². The van der Waals surface area contributed by atoms with Crippen LogP contribution in [0, 0.1) is 12.7 Å². The maximum absolute atomic E-state index is 13.3. The highest BCUT2D eigenvalue weighted by molar-refractivity contribution is 6.02. The lowest BCUT2D eigenvalue weighted by molar-refractivity contribution is -0.117.